The maximum absolute atomic E-state index is 5.39. The molecule has 1 aliphatic rings. The van der Waals surface area contributed by atoms with E-state index in [2.05, 4.69) is 27.1 Å². The highest BCUT2D eigenvalue weighted by Gasteiger charge is 2.19. The van der Waals surface area contributed by atoms with E-state index in [-0.39, 0.29) is 0 Å². The maximum atomic E-state index is 5.39. The number of hydrogen-bond donors (Lipinski definition) is 1. The van der Waals surface area contributed by atoms with E-state index in [0.29, 0.717) is 17.7 Å². The minimum absolute atomic E-state index is 0.482. The van der Waals surface area contributed by atoms with Gasteiger partial charge in [0.1, 0.15) is 0 Å². The first-order valence-electron chi connectivity index (χ1n) is 6.75. The Balaban J connectivity index is 1.91. The number of aromatic nitrogens is 2. The summed E-state index contributed by atoms with van der Waals surface area (Å²) in [5, 5.41) is 3.33. The average Bonchev–Trinajstić information content (AvgIpc) is 2.49. The first kappa shape index (κ1) is 14.0. The van der Waals surface area contributed by atoms with Gasteiger partial charge in [0.05, 0.1) is 20.3 Å². The van der Waals surface area contributed by atoms with Crippen molar-refractivity contribution in [2.45, 2.75) is 19.4 Å². The zero-order valence-corrected chi connectivity index (χ0v) is 11.6. The van der Waals surface area contributed by atoms with E-state index < -0.39 is 0 Å². The summed E-state index contributed by atoms with van der Waals surface area (Å²) < 4.78 is 10.6. The molecule has 0 aliphatic carbocycles. The van der Waals surface area contributed by atoms with Crippen LogP contribution in [0.3, 0.4) is 0 Å². The monoisotopic (exact) mass is 266 g/mol. The van der Waals surface area contributed by atoms with Crippen LogP contribution in [0.15, 0.2) is 12.4 Å². The lowest BCUT2D eigenvalue weighted by atomic mass is 10.1. The molecular weight excluding hydrogens is 244 g/mol. The van der Waals surface area contributed by atoms with Crippen LogP contribution >= 0.6 is 0 Å². The topological polar surface area (TPSA) is 59.5 Å². The second kappa shape index (κ2) is 7.25. The van der Waals surface area contributed by atoms with Gasteiger partial charge < -0.3 is 14.8 Å². The van der Waals surface area contributed by atoms with Crippen LogP contribution in [0.4, 0.5) is 5.82 Å². The first-order valence-corrected chi connectivity index (χ1v) is 6.75. The maximum Gasteiger partial charge on any atom is 0.257 e. The third-order valence-electron chi connectivity index (χ3n) is 3.40. The van der Waals surface area contributed by atoms with Gasteiger partial charge in [-0.05, 0) is 6.42 Å². The molecule has 19 heavy (non-hydrogen) atoms. The Morgan fingerprint density at radius 2 is 2.11 bits per heavy atom. The smallest absolute Gasteiger partial charge is 0.257 e. The molecule has 2 heterocycles. The predicted molar refractivity (Wildman–Crippen MR) is 73.5 cm³/mol. The van der Waals surface area contributed by atoms with E-state index in [9.17, 15) is 0 Å². The van der Waals surface area contributed by atoms with Crippen LogP contribution in [0.25, 0.3) is 0 Å². The normalized spacial score (nSPS) is 18.0. The van der Waals surface area contributed by atoms with E-state index >= 15 is 0 Å². The third-order valence-corrected chi connectivity index (χ3v) is 3.40. The van der Waals surface area contributed by atoms with E-state index in [0.717, 1.165) is 39.3 Å². The van der Waals surface area contributed by atoms with Gasteiger partial charge in [-0.15, -0.1) is 0 Å². The fraction of sp³-hybridized carbons (Fsp3) is 0.692. The Morgan fingerprint density at radius 1 is 1.37 bits per heavy atom. The Bertz CT molecular complexity index is 383. The van der Waals surface area contributed by atoms with Gasteiger partial charge in [-0.1, -0.05) is 6.92 Å². The summed E-state index contributed by atoms with van der Waals surface area (Å²) in [6.07, 6.45) is 4.39. The number of anilines is 1. The van der Waals surface area contributed by atoms with Gasteiger partial charge in [-0.3, -0.25) is 4.90 Å². The Morgan fingerprint density at radius 3 is 2.79 bits per heavy atom. The summed E-state index contributed by atoms with van der Waals surface area (Å²) in [7, 11) is 1.61. The molecule has 1 saturated heterocycles. The lowest BCUT2D eigenvalue weighted by Gasteiger charge is -2.34. The summed E-state index contributed by atoms with van der Waals surface area (Å²) in [5.74, 6) is 1.25. The summed E-state index contributed by atoms with van der Waals surface area (Å²) >= 11 is 0. The number of morpholine rings is 1. The standard InChI is InChI=1S/C13H22N4O2/c1-3-11(17-6-8-19-9-7-17)10-16-12-13(18-2)15-5-4-14-12/h4-5,11H,3,6-10H2,1-2H3,(H,14,16). The molecule has 1 aromatic heterocycles. The van der Waals surface area contributed by atoms with Crippen LogP contribution in [-0.2, 0) is 4.74 Å². The van der Waals surface area contributed by atoms with Crippen molar-refractivity contribution in [2.24, 2.45) is 0 Å². The van der Waals surface area contributed by atoms with Gasteiger partial charge in [-0.2, -0.15) is 0 Å². The second-order valence-corrected chi connectivity index (χ2v) is 4.51. The van der Waals surface area contributed by atoms with E-state index in [4.69, 9.17) is 9.47 Å². The molecule has 0 bridgehead atoms. The molecule has 1 N–H and O–H groups in total. The van der Waals surface area contributed by atoms with Crippen molar-refractivity contribution in [2.75, 3.05) is 45.3 Å². The second-order valence-electron chi connectivity index (χ2n) is 4.51. The number of nitrogens with one attached hydrogen (secondary N) is 1. The highest BCUT2D eigenvalue weighted by molar-refractivity contribution is 5.44. The van der Waals surface area contributed by atoms with E-state index in [1.807, 2.05) is 0 Å². The van der Waals surface area contributed by atoms with Crippen molar-refractivity contribution in [1.29, 1.82) is 0 Å². The molecule has 1 aromatic rings. The number of hydrogen-bond acceptors (Lipinski definition) is 6. The SMILES string of the molecule is CCC(CNc1nccnc1OC)N1CCOCC1. The van der Waals surface area contributed by atoms with E-state index in [1.165, 1.54) is 0 Å². The van der Waals surface area contributed by atoms with Crippen LogP contribution < -0.4 is 10.1 Å². The molecule has 0 saturated carbocycles. The van der Waals surface area contributed by atoms with Crippen molar-refractivity contribution in [1.82, 2.24) is 14.9 Å². The number of rotatable bonds is 6. The average molecular weight is 266 g/mol. The highest BCUT2D eigenvalue weighted by atomic mass is 16.5. The summed E-state index contributed by atoms with van der Waals surface area (Å²) in [4.78, 5) is 10.8. The van der Waals surface area contributed by atoms with Crippen LogP contribution in [0.1, 0.15) is 13.3 Å². The quantitative estimate of drug-likeness (QED) is 0.829. The van der Waals surface area contributed by atoms with Crippen molar-refractivity contribution >= 4 is 5.82 Å². The molecular formula is C13H22N4O2. The van der Waals surface area contributed by atoms with Crippen LogP contribution in [0.5, 0.6) is 5.88 Å². The molecule has 0 spiro atoms. The first-order chi connectivity index (χ1) is 9.35. The Kier molecular flexibility index (Phi) is 5.35. The highest BCUT2D eigenvalue weighted by Crippen LogP contribution is 2.17. The van der Waals surface area contributed by atoms with Gasteiger partial charge in [0.2, 0.25) is 0 Å². The molecule has 0 amide bonds. The van der Waals surface area contributed by atoms with Crippen molar-refractivity contribution in [3.63, 3.8) is 0 Å². The molecule has 6 heteroatoms. The molecule has 1 atom stereocenters. The van der Waals surface area contributed by atoms with Crippen LogP contribution in [0, 0.1) is 0 Å². The zero-order chi connectivity index (χ0) is 13.5. The predicted octanol–water partition coefficient (Wildman–Crippen LogP) is 1.01. The van der Waals surface area contributed by atoms with E-state index in [1.54, 1.807) is 19.5 Å². The molecule has 1 fully saturated rings. The van der Waals surface area contributed by atoms with Crippen molar-refractivity contribution < 1.29 is 9.47 Å². The lowest BCUT2D eigenvalue weighted by molar-refractivity contribution is 0.0184. The molecule has 6 nitrogen and oxygen atoms in total. The van der Waals surface area contributed by atoms with Crippen LogP contribution in [0.2, 0.25) is 0 Å². The van der Waals surface area contributed by atoms with Crippen LogP contribution in [-0.4, -0.2) is 60.9 Å². The Hall–Kier alpha value is -1.40. The lowest BCUT2D eigenvalue weighted by Crippen LogP contribution is -2.46. The minimum Gasteiger partial charge on any atom is -0.478 e. The van der Waals surface area contributed by atoms with Crippen molar-refractivity contribution in [3.05, 3.63) is 12.4 Å². The van der Waals surface area contributed by atoms with Gasteiger partial charge in [0.25, 0.3) is 5.88 Å². The number of nitrogens with zero attached hydrogens (tertiary/aromatic N) is 3. The molecule has 1 unspecified atom stereocenters. The minimum atomic E-state index is 0.482. The summed E-state index contributed by atoms with van der Waals surface area (Å²) in [5.41, 5.74) is 0. The molecule has 0 aromatic carbocycles. The summed E-state index contributed by atoms with van der Waals surface area (Å²) in [6.45, 7) is 6.69. The molecule has 0 radical (unpaired) electrons. The molecule has 106 valence electrons. The van der Waals surface area contributed by atoms with Gasteiger partial charge >= 0.3 is 0 Å². The van der Waals surface area contributed by atoms with Gasteiger partial charge in [0, 0.05) is 38.1 Å². The number of ether oxygens (including phenoxy) is 2. The molecule has 2 rings (SSSR count). The van der Waals surface area contributed by atoms with Gasteiger partial charge in [-0.25, -0.2) is 9.97 Å². The summed E-state index contributed by atoms with van der Waals surface area (Å²) in [6, 6.07) is 0.482. The zero-order valence-electron chi connectivity index (χ0n) is 11.6. The molecule has 1 aliphatic heterocycles. The number of methoxy groups -OCH3 is 1. The largest absolute Gasteiger partial charge is 0.478 e. The third kappa shape index (κ3) is 3.78. The van der Waals surface area contributed by atoms with Crippen molar-refractivity contribution in [3.8, 4) is 5.88 Å². The fourth-order valence-corrected chi connectivity index (χ4v) is 2.28. The Labute approximate surface area is 114 Å². The fourth-order valence-electron chi connectivity index (χ4n) is 2.28. The van der Waals surface area contributed by atoms with Gasteiger partial charge in [0.15, 0.2) is 5.82 Å².